The van der Waals surface area contributed by atoms with Crippen molar-refractivity contribution in [2.24, 2.45) is 5.92 Å². The van der Waals surface area contributed by atoms with Crippen molar-refractivity contribution in [3.63, 3.8) is 0 Å². The fourth-order valence-corrected chi connectivity index (χ4v) is 3.40. The van der Waals surface area contributed by atoms with Crippen LogP contribution in [0.3, 0.4) is 0 Å². The number of hydrogen-bond acceptors (Lipinski definition) is 3. The quantitative estimate of drug-likeness (QED) is 0.725. The van der Waals surface area contributed by atoms with Crippen molar-refractivity contribution < 1.29 is 14.7 Å². The average Bonchev–Trinajstić information content (AvgIpc) is 2.73. The van der Waals surface area contributed by atoms with Crippen molar-refractivity contribution in [1.29, 1.82) is 0 Å². The lowest BCUT2D eigenvalue weighted by atomic mass is 9.96. The van der Waals surface area contributed by atoms with Gasteiger partial charge in [0.05, 0.1) is 5.56 Å². The molecule has 0 aromatic heterocycles. The van der Waals surface area contributed by atoms with Crippen molar-refractivity contribution >= 4 is 18.0 Å². The van der Waals surface area contributed by atoms with Crippen molar-refractivity contribution in [3.8, 4) is 0 Å². The summed E-state index contributed by atoms with van der Waals surface area (Å²) in [6.07, 6.45) is 5.38. The van der Waals surface area contributed by atoms with Crippen LogP contribution in [-0.2, 0) is 11.3 Å². The van der Waals surface area contributed by atoms with Gasteiger partial charge in [-0.15, -0.1) is 0 Å². The van der Waals surface area contributed by atoms with Gasteiger partial charge in [-0.25, -0.2) is 4.79 Å². The zero-order chi connectivity index (χ0) is 19.8. The minimum Gasteiger partial charge on any atom is -0.478 e. The van der Waals surface area contributed by atoms with Gasteiger partial charge in [-0.1, -0.05) is 42.5 Å². The molecule has 3 rings (SSSR count). The highest BCUT2D eigenvalue weighted by atomic mass is 16.4. The highest BCUT2D eigenvalue weighted by Gasteiger charge is 2.19. The van der Waals surface area contributed by atoms with Gasteiger partial charge in [0.15, 0.2) is 0 Å². The van der Waals surface area contributed by atoms with Crippen LogP contribution in [0.25, 0.3) is 6.08 Å². The van der Waals surface area contributed by atoms with Gasteiger partial charge >= 0.3 is 5.97 Å². The Morgan fingerprint density at radius 3 is 2.36 bits per heavy atom. The number of piperidine rings is 1. The zero-order valence-electron chi connectivity index (χ0n) is 15.9. The summed E-state index contributed by atoms with van der Waals surface area (Å²) >= 11 is 0. The Morgan fingerprint density at radius 2 is 1.71 bits per heavy atom. The predicted octanol–water partition coefficient (Wildman–Crippen LogP) is 3.43. The molecule has 1 heterocycles. The lowest BCUT2D eigenvalue weighted by Crippen LogP contribution is -2.38. The minimum atomic E-state index is -0.955. The lowest BCUT2D eigenvalue weighted by molar-refractivity contribution is -0.116. The molecule has 2 aromatic rings. The molecule has 0 unspecified atom stereocenters. The molecule has 0 spiro atoms. The normalized spacial score (nSPS) is 15.6. The van der Waals surface area contributed by atoms with Crippen LogP contribution >= 0.6 is 0 Å². The average molecular weight is 378 g/mol. The molecule has 1 aliphatic heterocycles. The van der Waals surface area contributed by atoms with Crippen LogP contribution in [0.1, 0.15) is 34.3 Å². The van der Waals surface area contributed by atoms with E-state index in [1.165, 1.54) is 23.8 Å². The SMILES string of the molecule is O=C(/C=C/c1ccc(C(=O)O)cc1)NCC1CCN(Cc2ccccc2)CC1. The number of nitrogens with one attached hydrogen (secondary N) is 1. The van der Waals surface area contributed by atoms with Crippen LogP contribution in [0, 0.1) is 5.92 Å². The van der Waals surface area contributed by atoms with Crippen LogP contribution in [0.2, 0.25) is 0 Å². The minimum absolute atomic E-state index is 0.117. The van der Waals surface area contributed by atoms with E-state index < -0.39 is 5.97 Å². The molecule has 0 radical (unpaired) electrons. The smallest absolute Gasteiger partial charge is 0.335 e. The van der Waals surface area contributed by atoms with E-state index in [2.05, 4.69) is 34.5 Å². The number of rotatable bonds is 7. The second-order valence-electron chi connectivity index (χ2n) is 7.21. The summed E-state index contributed by atoms with van der Waals surface area (Å²) in [5.41, 5.74) is 2.38. The first-order valence-electron chi connectivity index (χ1n) is 9.66. The third-order valence-electron chi connectivity index (χ3n) is 5.11. The Bertz CT molecular complexity index is 808. The van der Waals surface area contributed by atoms with Crippen LogP contribution in [0.4, 0.5) is 0 Å². The number of carbonyl (C=O) groups is 2. The molecule has 1 amide bonds. The molecular weight excluding hydrogens is 352 g/mol. The van der Waals surface area contributed by atoms with Crippen molar-refractivity contribution in [2.75, 3.05) is 19.6 Å². The first-order chi connectivity index (χ1) is 13.6. The van der Waals surface area contributed by atoms with Crippen molar-refractivity contribution in [2.45, 2.75) is 19.4 Å². The molecule has 2 aromatic carbocycles. The van der Waals surface area contributed by atoms with Crippen LogP contribution in [0.5, 0.6) is 0 Å². The second kappa shape index (κ2) is 9.85. The third kappa shape index (κ3) is 6.06. The van der Waals surface area contributed by atoms with E-state index in [0.717, 1.165) is 38.0 Å². The van der Waals surface area contributed by atoms with Gasteiger partial charge in [-0.3, -0.25) is 9.69 Å². The van der Waals surface area contributed by atoms with E-state index in [1.54, 1.807) is 18.2 Å². The maximum Gasteiger partial charge on any atom is 0.335 e. The number of carboxylic acids is 1. The summed E-state index contributed by atoms with van der Waals surface area (Å²) < 4.78 is 0. The fraction of sp³-hybridized carbons (Fsp3) is 0.304. The molecule has 5 nitrogen and oxygen atoms in total. The number of carbonyl (C=O) groups excluding carboxylic acids is 1. The molecule has 1 saturated heterocycles. The number of hydrogen-bond donors (Lipinski definition) is 2. The maximum atomic E-state index is 12.0. The molecule has 1 aliphatic rings. The van der Waals surface area contributed by atoms with E-state index in [1.807, 2.05) is 6.07 Å². The highest BCUT2D eigenvalue weighted by Crippen LogP contribution is 2.18. The summed E-state index contributed by atoms with van der Waals surface area (Å²) in [6.45, 7) is 3.80. The van der Waals surface area contributed by atoms with Gasteiger partial charge in [0.1, 0.15) is 0 Å². The first-order valence-corrected chi connectivity index (χ1v) is 9.66. The molecule has 0 bridgehead atoms. The van der Waals surface area contributed by atoms with Gasteiger partial charge in [-0.05, 0) is 61.2 Å². The molecule has 28 heavy (non-hydrogen) atoms. The van der Waals surface area contributed by atoms with Gasteiger partial charge in [0, 0.05) is 19.2 Å². The Morgan fingerprint density at radius 1 is 1.04 bits per heavy atom. The topological polar surface area (TPSA) is 69.6 Å². The summed E-state index contributed by atoms with van der Waals surface area (Å²) in [7, 11) is 0. The highest BCUT2D eigenvalue weighted by molar-refractivity contribution is 5.92. The molecule has 0 atom stereocenters. The van der Waals surface area contributed by atoms with E-state index in [4.69, 9.17) is 5.11 Å². The molecule has 146 valence electrons. The largest absolute Gasteiger partial charge is 0.478 e. The maximum absolute atomic E-state index is 12.0. The Kier molecular flexibility index (Phi) is 6.98. The van der Waals surface area contributed by atoms with Crippen LogP contribution < -0.4 is 5.32 Å². The summed E-state index contributed by atoms with van der Waals surface area (Å²) in [5, 5.41) is 11.9. The van der Waals surface area contributed by atoms with E-state index in [-0.39, 0.29) is 11.5 Å². The van der Waals surface area contributed by atoms with Crippen molar-refractivity contribution in [1.82, 2.24) is 10.2 Å². The van der Waals surface area contributed by atoms with Gasteiger partial charge < -0.3 is 10.4 Å². The number of amides is 1. The Hall–Kier alpha value is -2.92. The number of carboxylic acid groups (broad SMARTS) is 1. The monoisotopic (exact) mass is 378 g/mol. The van der Waals surface area contributed by atoms with Crippen molar-refractivity contribution in [3.05, 3.63) is 77.4 Å². The molecule has 5 heteroatoms. The lowest BCUT2D eigenvalue weighted by Gasteiger charge is -2.32. The summed E-state index contributed by atoms with van der Waals surface area (Å²) in [6, 6.07) is 17.0. The number of aromatic carboxylic acids is 1. The molecule has 1 fully saturated rings. The van der Waals surface area contributed by atoms with Gasteiger partial charge in [0.25, 0.3) is 0 Å². The Balaban J connectivity index is 1.37. The van der Waals surface area contributed by atoms with Gasteiger partial charge in [-0.2, -0.15) is 0 Å². The summed E-state index contributed by atoms with van der Waals surface area (Å²) in [5.74, 6) is -0.559. The molecule has 0 aliphatic carbocycles. The fourth-order valence-electron chi connectivity index (χ4n) is 3.40. The van der Waals surface area contributed by atoms with E-state index >= 15 is 0 Å². The van der Waals surface area contributed by atoms with E-state index in [9.17, 15) is 9.59 Å². The zero-order valence-corrected chi connectivity index (χ0v) is 15.9. The molecule has 2 N–H and O–H groups in total. The second-order valence-corrected chi connectivity index (χ2v) is 7.21. The number of nitrogens with zero attached hydrogens (tertiary/aromatic N) is 1. The van der Waals surface area contributed by atoms with Crippen LogP contribution in [0.15, 0.2) is 60.7 Å². The Labute approximate surface area is 165 Å². The van der Waals surface area contributed by atoms with E-state index in [0.29, 0.717) is 12.5 Å². The molecular formula is C23H26N2O3. The summed E-state index contributed by atoms with van der Waals surface area (Å²) in [4.78, 5) is 25.3. The number of benzene rings is 2. The predicted molar refractivity (Wildman–Crippen MR) is 110 cm³/mol. The third-order valence-corrected chi connectivity index (χ3v) is 5.11. The van der Waals surface area contributed by atoms with Crippen LogP contribution in [-0.4, -0.2) is 41.5 Å². The standard InChI is InChI=1S/C23H26N2O3/c26-22(11-8-18-6-9-21(10-7-18)23(27)28)24-16-19-12-14-25(15-13-19)17-20-4-2-1-3-5-20/h1-11,19H,12-17H2,(H,24,26)(H,27,28)/b11-8+. The first kappa shape index (κ1) is 19.8. The number of likely N-dealkylation sites (tertiary alicyclic amines) is 1. The molecule has 0 saturated carbocycles. The van der Waals surface area contributed by atoms with Gasteiger partial charge in [0.2, 0.25) is 5.91 Å².